The van der Waals surface area contributed by atoms with E-state index in [9.17, 15) is 21.0 Å². The van der Waals surface area contributed by atoms with E-state index in [4.69, 9.17) is 0 Å². The number of nitrogens with zero attached hydrogens (tertiary/aromatic N) is 5. The highest BCUT2D eigenvalue weighted by atomic mass is 15.5. The first-order valence-electron chi connectivity index (χ1n) is 6.43. The van der Waals surface area contributed by atoms with Crippen molar-refractivity contribution in [2.75, 3.05) is 14.1 Å². The summed E-state index contributed by atoms with van der Waals surface area (Å²) >= 11 is 0. The molecule has 1 N–H and O–H groups in total. The van der Waals surface area contributed by atoms with Crippen LogP contribution in [0.1, 0.15) is 20.3 Å². The molecule has 1 aliphatic rings. The van der Waals surface area contributed by atoms with Crippen LogP contribution in [0.15, 0.2) is 0 Å². The van der Waals surface area contributed by atoms with Crippen molar-refractivity contribution in [1.29, 1.82) is 21.0 Å². The molecule has 0 aliphatic heterocycles. The Morgan fingerprint density at radius 1 is 0.950 bits per heavy atom. The molecule has 0 aromatic heterocycles. The summed E-state index contributed by atoms with van der Waals surface area (Å²) in [6, 6.07) is 7.84. The average molecular weight is 270 g/mol. The maximum absolute atomic E-state index is 9.55. The molecular weight excluding hydrogens is 252 g/mol. The van der Waals surface area contributed by atoms with Gasteiger partial charge in [-0.2, -0.15) is 21.0 Å². The van der Waals surface area contributed by atoms with Gasteiger partial charge in [0.05, 0.1) is 30.3 Å². The number of nitriles is 4. The SMILES string of the molecule is C[C@H]1C(C#N)(C#N)[C@@H](C)C[C@@H](NN(C)C)C1(C#N)C#N. The molecule has 1 fully saturated rings. The first kappa shape index (κ1) is 15.9. The van der Waals surface area contributed by atoms with Crippen LogP contribution in [0.4, 0.5) is 0 Å². The minimum atomic E-state index is -1.40. The molecule has 1 saturated carbocycles. The molecule has 6 nitrogen and oxygen atoms in total. The second kappa shape index (κ2) is 5.48. The summed E-state index contributed by atoms with van der Waals surface area (Å²) in [6.07, 6.45) is 0.421. The van der Waals surface area contributed by atoms with Crippen molar-refractivity contribution in [3.05, 3.63) is 0 Å². The molecule has 20 heavy (non-hydrogen) atoms. The summed E-state index contributed by atoms with van der Waals surface area (Å²) in [5, 5.41) is 39.7. The van der Waals surface area contributed by atoms with Gasteiger partial charge in [0.15, 0.2) is 10.8 Å². The Bertz CT molecular complexity index is 510. The van der Waals surface area contributed by atoms with Crippen LogP contribution in [0.2, 0.25) is 0 Å². The topological polar surface area (TPSA) is 110 Å². The Hall–Kier alpha value is -2.12. The Morgan fingerprint density at radius 3 is 1.75 bits per heavy atom. The third kappa shape index (κ3) is 2.00. The highest BCUT2D eigenvalue weighted by Crippen LogP contribution is 2.53. The molecule has 0 heterocycles. The molecule has 0 amide bonds. The van der Waals surface area contributed by atoms with Crippen LogP contribution < -0.4 is 5.43 Å². The second-order valence-corrected chi connectivity index (χ2v) is 5.62. The molecule has 0 bridgehead atoms. The average Bonchev–Trinajstić information content (AvgIpc) is 2.41. The van der Waals surface area contributed by atoms with E-state index in [1.807, 2.05) is 6.92 Å². The van der Waals surface area contributed by atoms with Crippen LogP contribution in [-0.2, 0) is 0 Å². The van der Waals surface area contributed by atoms with E-state index in [1.54, 1.807) is 26.0 Å². The van der Waals surface area contributed by atoms with Crippen molar-refractivity contribution >= 4 is 0 Å². The van der Waals surface area contributed by atoms with E-state index in [0.717, 1.165) is 0 Å². The van der Waals surface area contributed by atoms with Crippen LogP contribution >= 0.6 is 0 Å². The Morgan fingerprint density at radius 2 is 1.40 bits per heavy atom. The lowest BCUT2D eigenvalue weighted by Gasteiger charge is -2.48. The van der Waals surface area contributed by atoms with Gasteiger partial charge in [0, 0.05) is 20.0 Å². The van der Waals surface area contributed by atoms with Crippen molar-refractivity contribution in [2.45, 2.75) is 26.3 Å². The number of hydrogen-bond acceptors (Lipinski definition) is 6. The van der Waals surface area contributed by atoms with Crippen LogP contribution in [0.25, 0.3) is 0 Å². The zero-order chi connectivity index (χ0) is 15.6. The van der Waals surface area contributed by atoms with Gasteiger partial charge in [-0.3, -0.25) is 5.01 Å². The monoisotopic (exact) mass is 270 g/mol. The Kier molecular flexibility index (Phi) is 4.36. The van der Waals surface area contributed by atoms with Crippen LogP contribution in [0, 0.1) is 68.0 Å². The fraction of sp³-hybridized carbons (Fsp3) is 0.714. The zero-order valence-electron chi connectivity index (χ0n) is 12.2. The van der Waals surface area contributed by atoms with Gasteiger partial charge in [0.2, 0.25) is 0 Å². The van der Waals surface area contributed by atoms with Gasteiger partial charge in [-0.25, -0.2) is 5.43 Å². The Labute approximate surface area is 119 Å². The molecule has 0 aromatic rings. The normalized spacial score (nSPS) is 30.6. The summed E-state index contributed by atoms with van der Waals surface area (Å²) < 4.78 is 0. The zero-order valence-corrected chi connectivity index (χ0v) is 12.2. The molecule has 0 radical (unpaired) electrons. The van der Waals surface area contributed by atoms with Gasteiger partial charge in [-0.15, -0.1) is 0 Å². The van der Waals surface area contributed by atoms with Gasteiger partial charge >= 0.3 is 0 Å². The van der Waals surface area contributed by atoms with E-state index < -0.39 is 22.8 Å². The number of hydrogen-bond donors (Lipinski definition) is 1. The lowest BCUT2D eigenvalue weighted by molar-refractivity contribution is 0.0221. The summed E-state index contributed by atoms with van der Waals surface area (Å²) in [4.78, 5) is 0. The summed E-state index contributed by atoms with van der Waals surface area (Å²) in [6.45, 7) is 3.48. The van der Waals surface area contributed by atoms with Gasteiger partial charge < -0.3 is 0 Å². The molecule has 0 unspecified atom stereocenters. The third-order valence-electron chi connectivity index (χ3n) is 4.44. The number of rotatable bonds is 2. The molecule has 0 spiro atoms. The molecule has 6 heteroatoms. The predicted octanol–water partition coefficient (Wildman–Crippen LogP) is 1.16. The molecule has 0 aromatic carbocycles. The fourth-order valence-corrected chi connectivity index (χ4v) is 3.09. The van der Waals surface area contributed by atoms with E-state index in [2.05, 4.69) is 29.7 Å². The summed E-state index contributed by atoms with van der Waals surface area (Å²) in [5.41, 5.74) is 0.381. The molecule has 104 valence electrons. The van der Waals surface area contributed by atoms with Crippen LogP contribution in [0.3, 0.4) is 0 Å². The predicted molar refractivity (Wildman–Crippen MR) is 70.9 cm³/mol. The summed E-state index contributed by atoms with van der Waals surface area (Å²) in [5.74, 6) is -0.888. The van der Waals surface area contributed by atoms with Crippen molar-refractivity contribution in [3.8, 4) is 24.3 Å². The van der Waals surface area contributed by atoms with Crippen molar-refractivity contribution in [1.82, 2.24) is 10.4 Å². The maximum Gasteiger partial charge on any atom is 0.165 e. The van der Waals surface area contributed by atoms with Gasteiger partial charge in [0.25, 0.3) is 0 Å². The first-order valence-corrected chi connectivity index (χ1v) is 6.43. The molecular formula is C14H18N6. The summed E-state index contributed by atoms with van der Waals surface area (Å²) in [7, 11) is 3.57. The number of nitrogens with one attached hydrogen (secondary N) is 1. The first-order chi connectivity index (χ1) is 9.34. The molecule has 1 aliphatic carbocycles. The van der Waals surface area contributed by atoms with Gasteiger partial charge in [-0.05, 0) is 12.3 Å². The molecule has 3 atom stereocenters. The standard InChI is InChI=1S/C14H18N6/c1-10-5-12(19-20(3)4)14(8-17,9-18)11(2)13(10,6-15)7-16/h10-12,19H,5H2,1-4H3/t10-,11-,12+/m0/s1. The smallest absolute Gasteiger partial charge is 0.165 e. The highest BCUT2D eigenvalue weighted by Gasteiger charge is 2.61. The fourth-order valence-electron chi connectivity index (χ4n) is 3.09. The second-order valence-electron chi connectivity index (χ2n) is 5.62. The molecule has 0 saturated heterocycles. The minimum absolute atomic E-state index is 0.222. The van der Waals surface area contributed by atoms with E-state index in [1.165, 1.54) is 0 Å². The highest BCUT2D eigenvalue weighted by molar-refractivity contribution is 5.33. The van der Waals surface area contributed by atoms with E-state index in [0.29, 0.717) is 6.42 Å². The van der Waals surface area contributed by atoms with Gasteiger partial charge in [0.1, 0.15) is 0 Å². The minimum Gasteiger partial charge on any atom is -0.250 e. The maximum atomic E-state index is 9.55. The molecule has 1 rings (SSSR count). The van der Waals surface area contributed by atoms with E-state index >= 15 is 0 Å². The van der Waals surface area contributed by atoms with Crippen molar-refractivity contribution in [2.24, 2.45) is 22.7 Å². The number of hydrazine groups is 1. The Balaban J connectivity index is 3.42. The van der Waals surface area contributed by atoms with Crippen LogP contribution in [0.5, 0.6) is 0 Å². The van der Waals surface area contributed by atoms with Crippen molar-refractivity contribution < 1.29 is 0 Å². The van der Waals surface area contributed by atoms with Crippen molar-refractivity contribution in [3.63, 3.8) is 0 Å². The third-order valence-corrected chi connectivity index (χ3v) is 4.44. The van der Waals surface area contributed by atoms with Gasteiger partial charge in [-0.1, -0.05) is 13.8 Å². The quantitative estimate of drug-likeness (QED) is 0.754. The van der Waals surface area contributed by atoms with Crippen LogP contribution in [-0.4, -0.2) is 25.1 Å². The van der Waals surface area contributed by atoms with E-state index in [-0.39, 0.29) is 5.92 Å². The lowest BCUT2D eigenvalue weighted by Crippen LogP contribution is -2.61. The lowest BCUT2D eigenvalue weighted by atomic mass is 9.51. The largest absolute Gasteiger partial charge is 0.250 e.